The minimum atomic E-state index is 0.436. The highest BCUT2D eigenvalue weighted by molar-refractivity contribution is 5.87. The predicted octanol–water partition coefficient (Wildman–Crippen LogP) is 4.17. The smallest absolute Gasteiger partial charge is 0.120 e. The molecule has 2 aliphatic carbocycles. The van der Waals surface area contributed by atoms with Crippen molar-refractivity contribution in [1.82, 2.24) is 4.90 Å². The molecule has 2 heteroatoms. The molecule has 0 bridgehead atoms. The van der Waals surface area contributed by atoms with Crippen LogP contribution in [0.15, 0.2) is 36.4 Å². The molecule has 4 rings (SSSR count). The molecule has 0 amide bonds. The Bertz CT molecular complexity index is 646. The largest absolute Gasteiger partial charge is 0.508 e. The molecule has 2 saturated carbocycles. The summed E-state index contributed by atoms with van der Waals surface area (Å²) in [6, 6.07) is 12.9. The predicted molar refractivity (Wildman–Crippen MR) is 86.3 cm³/mol. The van der Waals surface area contributed by atoms with Crippen LogP contribution in [0, 0.1) is 11.8 Å². The SMILES string of the molecule is CN(Cc1c(O)ccc2ccccc12)C(C1CC1)C1CC1. The quantitative estimate of drug-likeness (QED) is 0.889. The lowest BCUT2D eigenvalue weighted by atomic mass is 10.0. The molecule has 2 aliphatic rings. The van der Waals surface area contributed by atoms with E-state index >= 15 is 0 Å². The first-order valence-electron chi connectivity index (χ1n) is 8.14. The summed E-state index contributed by atoms with van der Waals surface area (Å²) in [6.45, 7) is 0.852. The molecule has 2 aromatic rings. The summed E-state index contributed by atoms with van der Waals surface area (Å²) in [5.74, 6) is 2.24. The van der Waals surface area contributed by atoms with Gasteiger partial charge in [-0.25, -0.2) is 0 Å². The van der Waals surface area contributed by atoms with E-state index in [2.05, 4.69) is 36.2 Å². The summed E-state index contributed by atoms with van der Waals surface area (Å²) in [6.07, 6.45) is 5.58. The van der Waals surface area contributed by atoms with Crippen LogP contribution in [0.5, 0.6) is 5.75 Å². The van der Waals surface area contributed by atoms with Crippen LogP contribution < -0.4 is 0 Å². The van der Waals surface area contributed by atoms with Crippen molar-refractivity contribution in [2.24, 2.45) is 11.8 Å². The summed E-state index contributed by atoms with van der Waals surface area (Å²) in [4.78, 5) is 2.50. The van der Waals surface area contributed by atoms with Crippen molar-refractivity contribution in [2.45, 2.75) is 38.3 Å². The number of nitrogens with zero attached hydrogens (tertiary/aromatic N) is 1. The van der Waals surface area contributed by atoms with Crippen LogP contribution in [0.3, 0.4) is 0 Å². The van der Waals surface area contributed by atoms with E-state index in [4.69, 9.17) is 0 Å². The van der Waals surface area contributed by atoms with Gasteiger partial charge < -0.3 is 5.11 Å². The minimum absolute atomic E-state index is 0.436. The van der Waals surface area contributed by atoms with Gasteiger partial charge in [0.2, 0.25) is 0 Å². The fourth-order valence-corrected chi connectivity index (χ4v) is 3.83. The van der Waals surface area contributed by atoms with Crippen LogP contribution in [0.2, 0.25) is 0 Å². The molecule has 0 saturated heterocycles. The maximum absolute atomic E-state index is 10.3. The first-order valence-corrected chi connectivity index (χ1v) is 8.14. The first kappa shape index (κ1) is 13.1. The second kappa shape index (κ2) is 5.03. The molecule has 0 unspecified atom stereocenters. The topological polar surface area (TPSA) is 23.5 Å². The Balaban J connectivity index is 1.65. The van der Waals surface area contributed by atoms with Crippen LogP contribution in [0.25, 0.3) is 10.8 Å². The lowest BCUT2D eigenvalue weighted by molar-refractivity contribution is 0.186. The van der Waals surface area contributed by atoms with Gasteiger partial charge in [0.15, 0.2) is 0 Å². The standard InChI is InChI=1S/C19H23NO/c1-20(19(14-6-7-14)15-8-9-15)12-17-16-5-3-2-4-13(16)10-11-18(17)21/h2-5,10-11,14-15,19,21H,6-9,12H2,1H3. The third-order valence-electron chi connectivity index (χ3n) is 5.14. The fraction of sp³-hybridized carbons (Fsp3) is 0.474. The normalized spacial score (nSPS) is 18.8. The van der Waals surface area contributed by atoms with Gasteiger partial charge in [-0.2, -0.15) is 0 Å². The second-order valence-electron chi connectivity index (χ2n) is 6.86. The van der Waals surface area contributed by atoms with Crippen molar-refractivity contribution >= 4 is 10.8 Å². The monoisotopic (exact) mass is 281 g/mol. The molecule has 0 radical (unpaired) electrons. The second-order valence-corrected chi connectivity index (χ2v) is 6.86. The zero-order chi connectivity index (χ0) is 14.4. The van der Waals surface area contributed by atoms with Crippen molar-refractivity contribution in [3.05, 3.63) is 42.0 Å². The summed E-state index contributed by atoms with van der Waals surface area (Å²) in [5.41, 5.74) is 1.09. The Morgan fingerprint density at radius 3 is 2.38 bits per heavy atom. The lowest BCUT2D eigenvalue weighted by Gasteiger charge is -2.29. The van der Waals surface area contributed by atoms with Crippen LogP contribution in [0.4, 0.5) is 0 Å². The molecule has 0 heterocycles. The van der Waals surface area contributed by atoms with E-state index in [9.17, 15) is 5.11 Å². The van der Waals surface area contributed by atoms with Gasteiger partial charge in [-0.1, -0.05) is 30.3 Å². The Kier molecular flexibility index (Phi) is 3.15. The Labute approximate surface area is 126 Å². The van der Waals surface area contributed by atoms with E-state index in [0.717, 1.165) is 30.0 Å². The molecule has 0 atom stereocenters. The molecule has 0 spiro atoms. The zero-order valence-corrected chi connectivity index (χ0v) is 12.6. The van der Waals surface area contributed by atoms with Crippen molar-refractivity contribution in [3.63, 3.8) is 0 Å². The third-order valence-corrected chi connectivity index (χ3v) is 5.14. The molecular weight excluding hydrogens is 258 g/mol. The van der Waals surface area contributed by atoms with Crippen LogP contribution in [0.1, 0.15) is 31.2 Å². The van der Waals surface area contributed by atoms with Gasteiger partial charge in [-0.3, -0.25) is 4.90 Å². The number of benzene rings is 2. The highest BCUT2D eigenvalue weighted by atomic mass is 16.3. The van der Waals surface area contributed by atoms with E-state index in [1.54, 1.807) is 0 Å². The van der Waals surface area contributed by atoms with Crippen molar-refractivity contribution < 1.29 is 5.11 Å². The molecule has 2 fully saturated rings. The van der Waals surface area contributed by atoms with Crippen LogP contribution in [-0.4, -0.2) is 23.1 Å². The maximum atomic E-state index is 10.3. The molecule has 21 heavy (non-hydrogen) atoms. The van der Waals surface area contributed by atoms with E-state index in [0.29, 0.717) is 5.75 Å². The molecule has 0 aliphatic heterocycles. The van der Waals surface area contributed by atoms with Gasteiger partial charge in [0, 0.05) is 18.2 Å². The lowest BCUT2D eigenvalue weighted by Crippen LogP contribution is -2.34. The van der Waals surface area contributed by atoms with Crippen molar-refractivity contribution in [2.75, 3.05) is 7.05 Å². The number of rotatable bonds is 5. The molecule has 110 valence electrons. The average Bonchev–Trinajstić information content (AvgIpc) is 3.37. The molecule has 2 aromatic carbocycles. The Morgan fingerprint density at radius 1 is 1.05 bits per heavy atom. The van der Waals surface area contributed by atoms with E-state index in [1.807, 2.05) is 12.1 Å². The molecular formula is C19H23NO. The number of fused-ring (bicyclic) bond motifs is 1. The van der Waals surface area contributed by atoms with Gasteiger partial charge in [-0.05, 0) is 61.4 Å². The van der Waals surface area contributed by atoms with Gasteiger partial charge in [-0.15, -0.1) is 0 Å². The summed E-state index contributed by atoms with van der Waals surface area (Å²) in [5, 5.41) is 12.7. The van der Waals surface area contributed by atoms with Crippen molar-refractivity contribution in [3.8, 4) is 5.75 Å². The van der Waals surface area contributed by atoms with E-state index < -0.39 is 0 Å². The third kappa shape index (κ3) is 2.53. The molecule has 1 N–H and O–H groups in total. The number of phenols is 1. The van der Waals surface area contributed by atoms with E-state index in [-0.39, 0.29) is 0 Å². The Hall–Kier alpha value is -1.54. The highest BCUT2D eigenvalue weighted by Crippen LogP contribution is 2.47. The van der Waals surface area contributed by atoms with Crippen LogP contribution in [-0.2, 0) is 6.54 Å². The number of aromatic hydroxyl groups is 1. The van der Waals surface area contributed by atoms with Crippen molar-refractivity contribution in [1.29, 1.82) is 0 Å². The first-order chi connectivity index (χ1) is 10.2. The average molecular weight is 281 g/mol. The zero-order valence-electron chi connectivity index (χ0n) is 12.6. The number of phenolic OH excluding ortho intramolecular Hbond substituents is 1. The van der Waals surface area contributed by atoms with Gasteiger partial charge in [0.05, 0.1) is 0 Å². The maximum Gasteiger partial charge on any atom is 0.120 e. The summed E-state index contributed by atoms with van der Waals surface area (Å²) < 4.78 is 0. The van der Waals surface area contributed by atoms with E-state index in [1.165, 1.54) is 36.5 Å². The van der Waals surface area contributed by atoms with Crippen LogP contribution >= 0.6 is 0 Å². The number of hydrogen-bond acceptors (Lipinski definition) is 2. The highest BCUT2D eigenvalue weighted by Gasteiger charge is 2.43. The number of hydrogen-bond donors (Lipinski definition) is 1. The summed E-state index contributed by atoms with van der Waals surface area (Å²) in [7, 11) is 2.24. The van der Waals surface area contributed by atoms with Gasteiger partial charge in [0.25, 0.3) is 0 Å². The summed E-state index contributed by atoms with van der Waals surface area (Å²) >= 11 is 0. The molecule has 2 nitrogen and oxygen atoms in total. The van der Waals surface area contributed by atoms with Gasteiger partial charge >= 0.3 is 0 Å². The molecule has 0 aromatic heterocycles. The van der Waals surface area contributed by atoms with Gasteiger partial charge in [0.1, 0.15) is 5.75 Å². The fourth-order valence-electron chi connectivity index (χ4n) is 3.83. The Morgan fingerprint density at radius 2 is 1.71 bits per heavy atom. The minimum Gasteiger partial charge on any atom is -0.508 e.